The fourth-order valence-electron chi connectivity index (χ4n) is 2.04. The van der Waals surface area contributed by atoms with E-state index in [1.165, 1.54) is 18.2 Å². The van der Waals surface area contributed by atoms with E-state index in [9.17, 15) is 9.18 Å². The minimum Gasteiger partial charge on any atom is -0.483 e. The first kappa shape index (κ1) is 12.3. The molecule has 0 spiro atoms. The number of ether oxygens (including phenoxy) is 1. The number of ketones is 1. The summed E-state index contributed by atoms with van der Waals surface area (Å²) in [5.74, 6) is -0.196. The molecule has 0 amide bonds. The van der Waals surface area contributed by atoms with Crippen LogP contribution >= 0.6 is 15.9 Å². The number of hydrogen-bond acceptors (Lipinski definition) is 3. The molecule has 1 aliphatic heterocycles. The van der Waals surface area contributed by atoms with Crippen LogP contribution in [-0.2, 0) is 0 Å². The van der Waals surface area contributed by atoms with E-state index < -0.39 is 11.9 Å². The maximum Gasteiger partial charge on any atom is 0.170 e. The van der Waals surface area contributed by atoms with E-state index in [0.717, 1.165) is 4.47 Å². The van der Waals surface area contributed by atoms with E-state index in [1.54, 1.807) is 12.3 Å². The number of pyridine rings is 1. The van der Waals surface area contributed by atoms with Crippen LogP contribution in [0.1, 0.15) is 28.6 Å². The molecule has 0 N–H and O–H groups in total. The Morgan fingerprint density at radius 2 is 2.16 bits per heavy atom. The van der Waals surface area contributed by atoms with Gasteiger partial charge < -0.3 is 4.74 Å². The lowest BCUT2D eigenvalue weighted by Gasteiger charge is -2.24. The minimum atomic E-state index is -0.463. The molecule has 1 atom stereocenters. The second-order valence-electron chi connectivity index (χ2n) is 4.28. The molecule has 1 aromatic carbocycles. The van der Waals surface area contributed by atoms with E-state index in [1.807, 2.05) is 6.07 Å². The van der Waals surface area contributed by atoms with Gasteiger partial charge in [-0.1, -0.05) is 0 Å². The number of carbonyl (C=O) groups excluding carboxylic acids is 1. The van der Waals surface area contributed by atoms with Crippen LogP contribution in [0.4, 0.5) is 4.39 Å². The molecule has 0 aliphatic carbocycles. The van der Waals surface area contributed by atoms with Gasteiger partial charge in [-0.25, -0.2) is 4.39 Å². The maximum absolute atomic E-state index is 13.2. The second-order valence-corrected chi connectivity index (χ2v) is 5.19. The third kappa shape index (κ3) is 2.38. The SMILES string of the molecule is O=C1CC(c2ccc(Br)cn2)Oc2cc(F)ccc21. The first-order valence-electron chi connectivity index (χ1n) is 5.74. The first-order valence-corrected chi connectivity index (χ1v) is 6.53. The van der Waals surface area contributed by atoms with Crippen molar-refractivity contribution in [2.24, 2.45) is 0 Å². The summed E-state index contributed by atoms with van der Waals surface area (Å²) < 4.78 is 19.7. The fraction of sp³-hybridized carbons (Fsp3) is 0.143. The average molecular weight is 322 g/mol. The number of Topliss-reactive ketones (excluding diaryl/α,β-unsaturated/α-hetero) is 1. The average Bonchev–Trinajstić information content (AvgIpc) is 2.38. The highest BCUT2D eigenvalue weighted by molar-refractivity contribution is 9.10. The molecule has 3 rings (SSSR count). The Balaban J connectivity index is 1.96. The predicted molar refractivity (Wildman–Crippen MR) is 70.7 cm³/mol. The molecule has 0 saturated carbocycles. The molecule has 5 heteroatoms. The molecule has 0 radical (unpaired) electrons. The zero-order chi connectivity index (χ0) is 13.4. The van der Waals surface area contributed by atoms with Gasteiger partial charge in [0.25, 0.3) is 0 Å². The number of rotatable bonds is 1. The molecule has 1 aliphatic rings. The van der Waals surface area contributed by atoms with E-state index in [4.69, 9.17) is 4.74 Å². The highest BCUT2D eigenvalue weighted by atomic mass is 79.9. The zero-order valence-electron chi connectivity index (χ0n) is 9.77. The van der Waals surface area contributed by atoms with E-state index in [-0.39, 0.29) is 18.0 Å². The second kappa shape index (κ2) is 4.74. The monoisotopic (exact) mass is 321 g/mol. The van der Waals surface area contributed by atoms with Crippen molar-refractivity contribution in [3.63, 3.8) is 0 Å². The summed E-state index contributed by atoms with van der Waals surface area (Å²) in [7, 11) is 0. The van der Waals surface area contributed by atoms with Crippen LogP contribution in [0.3, 0.4) is 0 Å². The molecule has 2 heterocycles. The Morgan fingerprint density at radius 3 is 2.89 bits per heavy atom. The van der Waals surface area contributed by atoms with Gasteiger partial charge in [-0.15, -0.1) is 0 Å². The van der Waals surface area contributed by atoms with Crippen LogP contribution in [0.2, 0.25) is 0 Å². The molecular formula is C14H9BrFNO2. The molecule has 19 heavy (non-hydrogen) atoms. The van der Waals surface area contributed by atoms with Crippen molar-refractivity contribution in [1.29, 1.82) is 0 Å². The van der Waals surface area contributed by atoms with Gasteiger partial charge in [-0.2, -0.15) is 0 Å². The Bertz CT molecular complexity index is 642. The van der Waals surface area contributed by atoms with Crippen molar-refractivity contribution in [2.45, 2.75) is 12.5 Å². The largest absolute Gasteiger partial charge is 0.483 e. The van der Waals surface area contributed by atoms with Crippen molar-refractivity contribution in [1.82, 2.24) is 4.98 Å². The quantitative estimate of drug-likeness (QED) is 0.804. The van der Waals surface area contributed by atoms with Crippen LogP contribution < -0.4 is 4.74 Å². The Labute approximate surface area is 117 Å². The van der Waals surface area contributed by atoms with Crippen LogP contribution in [0.25, 0.3) is 0 Å². The summed E-state index contributed by atoms with van der Waals surface area (Å²) in [5, 5.41) is 0. The maximum atomic E-state index is 13.2. The van der Waals surface area contributed by atoms with Crippen molar-refractivity contribution in [2.75, 3.05) is 0 Å². The smallest absolute Gasteiger partial charge is 0.170 e. The van der Waals surface area contributed by atoms with Gasteiger partial charge in [0.1, 0.15) is 17.7 Å². The molecule has 96 valence electrons. The molecule has 1 aromatic heterocycles. The third-order valence-corrected chi connectivity index (χ3v) is 3.43. The summed E-state index contributed by atoms with van der Waals surface area (Å²) in [6.45, 7) is 0. The van der Waals surface area contributed by atoms with Crippen LogP contribution in [0.5, 0.6) is 5.75 Å². The Hall–Kier alpha value is -1.75. The Morgan fingerprint density at radius 1 is 1.32 bits per heavy atom. The lowest BCUT2D eigenvalue weighted by atomic mass is 9.99. The van der Waals surface area contributed by atoms with E-state index in [0.29, 0.717) is 11.3 Å². The Kier molecular flexibility index (Phi) is 3.06. The number of aromatic nitrogens is 1. The highest BCUT2D eigenvalue weighted by Gasteiger charge is 2.28. The summed E-state index contributed by atoms with van der Waals surface area (Å²) in [6, 6.07) is 7.57. The fourth-order valence-corrected chi connectivity index (χ4v) is 2.27. The number of benzene rings is 1. The summed E-state index contributed by atoms with van der Waals surface area (Å²) in [4.78, 5) is 16.2. The number of hydrogen-bond donors (Lipinski definition) is 0. The van der Waals surface area contributed by atoms with Crippen molar-refractivity contribution in [3.8, 4) is 5.75 Å². The van der Waals surface area contributed by atoms with E-state index >= 15 is 0 Å². The lowest BCUT2D eigenvalue weighted by molar-refractivity contribution is 0.0844. The van der Waals surface area contributed by atoms with Gasteiger partial charge in [0.2, 0.25) is 0 Å². The van der Waals surface area contributed by atoms with Crippen LogP contribution in [-0.4, -0.2) is 10.8 Å². The molecule has 1 unspecified atom stereocenters. The summed E-state index contributed by atoms with van der Waals surface area (Å²) in [6.07, 6.45) is 1.40. The lowest BCUT2D eigenvalue weighted by Crippen LogP contribution is -2.21. The molecule has 0 saturated heterocycles. The molecule has 2 aromatic rings. The number of fused-ring (bicyclic) bond motifs is 1. The van der Waals surface area contributed by atoms with Gasteiger partial charge in [0.05, 0.1) is 17.7 Å². The zero-order valence-corrected chi connectivity index (χ0v) is 11.4. The summed E-state index contributed by atoms with van der Waals surface area (Å²) in [5.41, 5.74) is 1.08. The minimum absolute atomic E-state index is 0.0593. The summed E-state index contributed by atoms with van der Waals surface area (Å²) >= 11 is 3.30. The molecule has 0 bridgehead atoms. The van der Waals surface area contributed by atoms with Gasteiger partial charge in [-0.3, -0.25) is 9.78 Å². The van der Waals surface area contributed by atoms with Gasteiger partial charge in [0, 0.05) is 16.7 Å². The molecular weight excluding hydrogens is 313 g/mol. The molecule has 3 nitrogen and oxygen atoms in total. The van der Waals surface area contributed by atoms with E-state index in [2.05, 4.69) is 20.9 Å². The first-order chi connectivity index (χ1) is 9.13. The standard InChI is InChI=1S/C14H9BrFNO2/c15-8-1-4-11(17-7-8)14-6-12(18)10-3-2-9(16)5-13(10)19-14/h1-5,7,14H,6H2. The van der Waals surface area contributed by atoms with Crippen LogP contribution in [0, 0.1) is 5.82 Å². The van der Waals surface area contributed by atoms with Gasteiger partial charge in [-0.05, 0) is 40.2 Å². The van der Waals surface area contributed by atoms with Crippen molar-refractivity contribution in [3.05, 3.63) is 58.1 Å². The predicted octanol–water partition coefficient (Wildman–Crippen LogP) is 3.69. The van der Waals surface area contributed by atoms with Crippen molar-refractivity contribution < 1.29 is 13.9 Å². The highest BCUT2D eigenvalue weighted by Crippen LogP contribution is 2.34. The van der Waals surface area contributed by atoms with Crippen molar-refractivity contribution >= 4 is 21.7 Å². The number of carbonyl (C=O) groups is 1. The molecule has 0 fully saturated rings. The van der Waals surface area contributed by atoms with Gasteiger partial charge in [0.15, 0.2) is 5.78 Å². The van der Waals surface area contributed by atoms with Crippen LogP contribution in [0.15, 0.2) is 41.0 Å². The number of nitrogens with zero attached hydrogens (tertiary/aromatic N) is 1. The van der Waals surface area contributed by atoms with Gasteiger partial charge >= 0.3 is 0 Å². The normalized spacial score (nSPS) is 17.8. The third-order valence-electron chi connectivity index (χ3n) is 2.96. The number of halogens is 2. The topological polar surface area (TPSA) is 39.2 Å².